The number of halogens is 1. The van der Waals surface area contributed by atoms with Crippen LogP contribution < -0.4 is 10.6 Å². The number of aryl methyl sites for hydroxylation is 2. The topological polar surface area (TPSA) is 68.2 Å². The van der Waals surface area contributed by atoms with Crippen molar-refractivity contribution in [3.05, 3.63) is 71.4 Å². The van der Waals surface area contributed by atoms with E-state index in [-0.39, 0.29) is 18.3 Å². The van der Waals surface area contributed by atoms with Crippen molar-refractivity contribution in [3.8, 4) is 16.9 Å². The molecule has 3 aromatic rings. The smallest absolute Gasteiger partial charge is 0.255 e. The first kappa shape index (κ1) is 23.6. The van der Waals surface area contributed by atoms with Crippen LogP contribution in [-0.4, -0.2) is 49.0 Å². The Labute approximate surface area is 184 Å². The van der Waals surface area contributed by atoms with Gasteiger partial charge in [-0.25, -0.2) is 4.68 Å². The number of carbonyl (C=O) groups is 1. The molecular weight excluding hydrogens is 400 g/mol. The van der Waals surface area contributed by atoms with Gasteiger partial charge in [-0.2, -0.15) is 5.10 Å². The van der Waals surface area contributed by atoms with Crippen LogP contribution in [0.3, 0.4) is 0 Å². The molecule has 2 aromatic carbocycles. The predicted molar refractivity (Wildman–Crippen MR) is 123 cm³/mol. The Morgan fingerprint density at radius 3 is 2.53 bits per heavy atom. The fourth-order valence-corrected chi connectivity index (χ4v) is 3.19. The molecule has 6 nitrogen and oxygen atoms in total. The van der Waals surface area contributed by atoms with Crippen molar-refractivity contribution in [1.82, 2.24) is 20.4 Å². The second kappa shape index (κ2) is 11.5. The number of hydrogen-bond acceptors (Lipinski definition) is 4. The van der Waals surface area contributed by atoms with E-state index < -0.39 is 0 Å². The molecule has 0 radical (unpaired) electrons. The number of carbonyl (C=O) groups excluding carboxylic acids is 1. The zero-order valence-electron chi connectivity index (χ0n) is 17.6. The van der Waals surface area contributed by atoms with E-state index in [0.29, 0.717) is 31.0 Å². The third kappa shape index (κ3) is 5.92. The van der Waals surface area contributed by atoms with Crippen LogP contribution in [0.2, 0.25) is 0 Å². The lowest BCUT2D eigenvalue weighted by atomic mass is 10.0. The summed E-state index contributed by atoms with van der Waals surface area (Å²) < 4.78 is 6.77. The first-order chi connectivity index (χ1) is 14.1. The highest BCUT2D eigenvalue weighted by Gasteiger charge is 2.19. The van der Waals surface area contributed by atoms with Crippen LogP contribution in [-0.2, 0) is 4.74 Å². The van der Waals surface area contributed by atoms with Crippen molar-refractivity contribution >= 4 is 18.3 Å². The van der Waals surface area contributed by atoms with Crippen molar-refractivity contribution in [2.24, 2.45) is 0 Å². The van der Waals surface area contributed by atoms with E-state index in [4.69, 9.17) is 9.84 Å². The van der Waals surface area contributed by atoms with Crippen LogP contribution in [0.15, 0.2) is 54.7 Å². The summed E-state index contributed by atoms with van der Waals surface area (Å²) in [4.78, 5) is 12.9. The molecule has 0 unspecified atom stereocenters. The van der Waals surface area contributed by atoms with E-state index >= 15 is 0 Å². The van der Waals surface area contributed by atoms with Crippen molar-refractivity contribution < 1.29 is 9.53 Å². The Hall–Kier alpha value is -2.67. The van der Waals surface area contributed by atoms with Crippen molar-refractivity contribution in [2.75, 3.05) is 33.4 Å². The summed E-state index contributed by atoms with van der Waals surface area (Å²) in [6, 6.07) is 16.0. The molecule has 1 heterocycles. The molecule has 0 spiro atoms. The Balaban J connectivity index is 0.00000320. The monoisotopic (exact) mass is 428 g/mol. The van der Waals surface area contributed by atoms with Crippen LogP contribution in [0, 0.1) is 13.8 Å². The number of rotatable bonds is 9. The largest absolute Gasteiger partial charge is 0.383 e. The molecule has 1 amide bonds. The standard InChI is InChI=1S/C23H28N4O2.ClH/c1-17-9-10-20(18(2)15-17)22-21(23(28)25-12-11-24-13-14-29-3)16-27(26-22)19-7-5-4-6-8-19;/h4-10,15-16,24H,11-14H2,1-3H3,(H,25,28);1H. The Bertz CT molecular complexity index is 957. The zero-order valence-corrected chi connectivity index (χ0v) is 18.5. The second-order valence-corrected chi connectivity index (χ2v) is 6.99. The van der Waals surface area contributed by atoms with E-state index in [1.165, 1.54) is 5.56 Å². The summed E-state index contributed by atoms with van der Waals surface area (Å²) in [5.74, 6) is -0.129. The maximum atomic E-state index is 12.9. The maximum Gasteiger partial charge on any atom is 0.255 e. The molecule has 0 saturated heterocycles. The molecule has 0 aliphatic rings. The molecule has 3 rings (SSSR count). The molecule has 0 bridgehead atoms. The van der Waals surface area contributed by atoms with Crippen LogP contribution in [0.1, 0.15) is 21.5 Å². The second-order valence-electron chi connectivity index (χ2n) is 6.99. The van der Waals surface area contributed by atoms with E-state index in [0.717, 1.165) is 23.4 Å². The van der Waals surface area contributed by atoms with Gasteiger partial charge in [0.1, 0.15) is 5.69 Å². The normalized spacial score (nSPS) is 10.5. The molecule has 0 saturated carbocycles. The lowest BCUT2D eigenvalue weighted by Crippen LogP contribution is -2.33. The molecule has 30 heavy (non-hydrogen) atoms. The van der Waals surface area contributed by atoms with Crippen molar-refractivity contribution in [3.63, 3.8) is 0 Å². The van der Waals surface area contributed by atoms with Crippen LogP contribution in [0.25, 0.3) is 16.9 Å². The summed E-state index contributed by atoms with van der Waals surface area (Å²) >= 11 is 0. The van der Waals surface area contributed by atoms with Gasteiger partial charge in [0.15, 0.2) is 0 Å². The number of methoxy groups -OCH3 is 1. The number of hydrogen-bond donors (Lipinski definition) is 2. The number of ether oxygens (including phenoxy) is 1. The summed E-state index contributed by atoms with van der Waals surface area (Å²) in [7, 11) is 1.67. The highest BCUT2D eigenvalue weighted by Crippen LogP contribution is 2.27. The molecule has 7 heteroatoms. The van der Waals surface area contributed by atoms with E-state index in [1.54, 1.807) is 18.0 Å². The maximum absolute atomic E-state index is 12.9. The van der Waals surface area contributed by atoms with Gasteiger partial charge in [0.05, 0.1) is 17.9 Å². The molecular formula is C23H29ClN4O2. The third-order valence-electron chi connectivity index (χ3n) is 4.69. The minimum absolute atomic E-state index is 0. The SMILES string of the molecule is COCCNCCNC(=O)c1cn(-c2ccccc2)nc1-c1ccc(C)cc1C.Cl. The number of benzene rings is 2. The lowest BCUT2D eigenvalue weighted by molar-refractivity contribution is 0.0954. The van der Waals surface area contributed by atoms with Gasteiger partial charge >= 0.3 is 0 Å². The average Bonchev–Trinajstić information content (AvgIpc) is 3.16. The number of amides is 1. The van der Waals surface area contributed by atoms with Gasteiger partial charge in [-0.3, -0.25) is 4.79 Å². The molecule has 0 aliphatic carbocycles. The number of nitrogens with one attached hydrogen (secondary N) is 2. The fraction of sp³-hybridized carbons (Fsp3) is 0.304. The minimum Gasteiger partial charge on any atom is -0.383 e. The Kier molecular flexibility index (Phi) is 9.05. The minimum atomic E-state index is -0.129. The highest BCUT2D eigenvalue weighted by molar-refractivity contribution is 6.00. The third-order valence-corrected chi connectivity index (χ3v) is 4.69. The highest BCUT2D eigenvalue weighted by atomic mass is 35.5. The van der Waals surface area contributed by atoms with Crippen LogP contribution in [0.4, 0.5) is 0 Å². The Morgan fingerprint density at radius 2 is 1.83 bits per heavy atom. The van der Waals surface area contributed by atoms with E-state index in [9.17, 15) is 4.79 Å². The van der Waals surface area contributed by atoms with Gasteiger partial charge in [0.2, 0.25) is 0 Å². The molecule has 0 fully saturated rings. The van der Waals surface area contributed by atoms with Gasteiger partial charge < -0.3 is 15.4 Å². The molecule has 0 aliphatic heterocycles. The number of para-hydroxylation sites is 1. The van der Waals surface area contributed by atoms with Gasteiger partial charge in [0.25, 0.3) is 5.91 Å². The van der Waals surface area contributed by atoms with Gasteiger partial charge in [0, 0.05) is 38.5 Å². The quantitative estimate of drug-likeness (QED) is 0.511. The fourth-order valence-electron chi connectivity index (χ4n) is 3.19. The molecule has 0 atom stereocenters. The molecule has 160 valence electrons. The van der Waals surface area contributed by atoms with E-state index in [1.807, 2.05) is 49.4 Å². The Morgan fingerprint density at radius 1 is 1.07 bits per heavy atom. The summed E-state index contributed by atoms with van der Waals surface area (Å²) in [5, 5.41) is 11.0. The van der Waals surface area contributed by atoms with Crippen molar-refractivity contribution in [1.29, 1.82) is 0 Å². The van der Waals surface area contributed by atoms with Crippen LogP contribution >= 0.6 is 12.4 Å². The summed E-state index contributed by atoms with van der Waals surface area (Å²) in [6.45, 7) is 6.72. The number of aromatic nitrogens is 2. The number of nitrogens with zero attached hydrogens (tertiary/aromatic N) is 2. The van der Waals surface area contributed by atoms with Gasteiger partial charge in [-0.15, -0.1) is 12.4 Å². The van der Waals surface area contributed by atoms with Crippen molar-refractivity contribution in [2.45, 2.75) is 13.8 Å². The summed E-state index contributed by atoms with van der Waals surface area (Å²) in [5.41, 5.74) is 5.42. The van der Waals surface area contributed by atoms with E-state index in [2.05, 4.69) is 23.6 Å². The van der Waals surface area contributed by atoms with Gasteiger partial charge in [-0.05, 0) is 31.5 Å². The first-order valence-electron chi connectivity index (χ1n) is 9.80. The van der Waals surface area contributed by atoms with Gasteiger partial charge in [-0.1, -0.05) is 42.0 Å². The lowest BCUT2D eigenvalue weighted by Gasteiger charge is -2.08. The first-order valence-corrected chi connectivity index (χ1v) is 9.80. The molecule has 2 N–H and O–H groups in total. The predicted octanol–water partition coefficient (Wildman–Crippen LogP) is 3.54. The zero-order chi connectivity index (χ0) is 20.6. The van der Waals surface area contributed by atoms with Crippen LogP contribution in [0.5, 0.6) is 0 Å². The molecule has 1 aromatic heterocycles. The summed E-state index contributed by atoms with van der Waals surface area (Å²) in [6.07, 6.45) is 1.80. The average molecular weight is 429 g/mol.